The number of aliphatic hydroxyl groups is 2. The molecule has 0 saturated carbocycles. The zero-order chi connectivity index (χ0) is 31.0. The third kappa shape index (κ3) is 8.46. The molecule has 0 heterocycles. The van der Waals surface area contributed by atoms with Gasteiger partial charge in [0.25, 0.3) is 0 Å². The molecule has 0 fully saturated rings. The smallest absolute Gasteiger partial charge is 0.133 e. The quantitative estimate of drug-likeness (QED) is 0.161. The third-order valence-corrected chi connectivity index (χ3v) is 6.79. The minimum atomic E-state index is -0.125. The van der Waals surface area contributed by atoms with Gasteiger partial charge in [-0.3, -0.25) is 0 Å². The van der Waals surface area contributed by atoms with Gasteiger partial charge >= 0.3 is 0 Å². The van der Waals surface area contributed by atoms with Crippen molar-refractivity contribution in [2.75, 3.05) is 13.2 Å². The fourth-order valence-corrected chi connectivity index (χ4v) is 5.12. The minimum absolute atomic E-state index is 0.125. The lowest BCUT2D eigenvalue weighted by Gasteiger charge is -2.15. The van der Waals surface area contributed by atoms with E-state index in [9.17, 15) is 15.3 Å². The molecule has 0 radical (unpaired) electrons. The fourth-order valence-electron chi connectivity index (χ4n) is 4.81. The van der Waals surface area contributed by atoms with Crippen LogP contribution in [0.5, 0.6) is 23.0 Å². The van der Waals surface area contributed by atoms with E-state index in [2.05, 4.69) is 15.5 Å². The summed E-state index contributed by atoms with van der Waals surface area (Å²) in [4.78, 5) is 0. The number of phenolic OH excluding ortho intramolecular Hbond substituents is 3. The van der Waals surface area contributed by atoms with Gasteiger partial charge in [0, 0.05) is 22.3 Å². The molecule has 4 aromatic rings. The normalized spacial score (nSPS) is 10.3. The summed E-state index contributed by atoms with van der Waals surface area (Å²) in [5, 5.41) is 45.9. The fraction of sp³-hybridized carbons (Fsp3) is 0.294. The van der Waals surface area contributed by atoms with Crippen LogP contribution in [0, 0.1) is 55.4 Å². The summed E-state index contributed by atoms with van der Waals surface area (Å²) in [6.07, 6.45) is 0. The number of aliphatic hydroxyl groups excluding tert-OH is 2. The van der Waals surface area contributed by atoms with Gasteiger partial charge in [0.15, 0.2) is 0 Å². The number of aromatic hydroxyl groups is 3. The Labute approximate surface area is 246 Å². The van der Waals surface area contributed by atoms with E-state index in [4.69, 9.17) is 14.7 Å². The maximum atomic E-state index is 10.3. The molecule has 0 aromatic heterocycles. The molecule has 0 bridgehead atoms. The van der Waals surface area contributed by atoms with E-state index in [0.717, 1.165) is 61.4 Å². The molecular weight excluding hydrogens is 535 g/mol. The molecule has 0 aliphatic carbocycles. The summed E-state index contributed by atoms with van der Waals surface area (Å²) >= 11 is 0. The molecule has 4 rings (SSSR count). The molecule has 220 valence electrons. The van der Waals surface area contributed by atoms with E-state index < -0.39 is 0 Å². The Morgan fingerprint density at radius 3 is 1.02 bits per heavy atom. The zero-order valence-corrected chi connectivity index (χ0v) is 26.4. The Kier molecular flexibility index (Phi) is 12.2. The second kappa shape index (κ2) is 14.9. The molecule has 1 unspecified atom stereocenters. The predicted molar refractivity (Wildman–Crippen MR) is 171 cm³/mol. The van der Waals surface area contributed by atoms with Crippen molar-refractivity contribution in [1.82, 2.24) is 0 Å². The Morgan fingerprint density at radius 2 is 0.732 bits per heavy atom. The van der Waals surface area contributed by atoms with Crippen molar-refractivity contribution < 1.29 is 30.1 Å². The van der Waals surface area contributed by atoms with Crippen LogP contribution < -0.4 is 4.52 Å². The van der Waals surface area contributed by atoms with Crippen molar-refractivity contribution in [3.63, 3.8) is 0 Å². The van der Waals surface area contributed by atoms with Gasteiger partial charge in [-0.25, -0.2) is 0 Å². The third-order valence-electron chi connectivity index (χ3n) is 6.55. The molecule has 5 N–H and O–H groups in total. The summed E-state index contributed by atoms with van der Waals surface area (Å²) in [5.74, 6) is 1.58. The van der Waals surface area contributed by atoms with Crippen LogP contribution in [0.2, 0.25) is 0 Å². The van der Waals surface area contributed by atoms with Crippen LogP contribution in [0.4, 0.5) is 0 Å². The first-order chi connectivity index (χ1) is 19.2. The summed E-state index contributed by atoms with van der Waals surface area (Å²) in [6.45, 7) is 15.4. The predicted octanol–water partition coefficient (Wildman–Crippen LogP) is 7.43. The van der Waals surface area contributed by atoms with Crippen LogP contribution in [-0.2, 0) is 0 Å². The van der Waals surface area contributed by atoms with E-state index >= 15 is 0 Å². The summed E-state index contributed by atoms with van der Waals surface area (Å²) in [6, 6.07) is 15.7. The van der Waals surface area contributed by atoms with Gasteiger partial charge in [-0.1, -0.05) is 24.3 Å². The van der Waals surface area contributed by atoms with E-state index in [1.54, 1.807) is 0 Å². The molecule has 1 atom stereocenters. The van der Waals surface area contributed by atoms with E-state index in [-0.39, 0.29) is 24.7 Å². The summed E-state index contributed by atoms with van der Waals surface area (Å²) < 4.78 is 5.43. The first-order valence-electron chi connectivity index (χ1n) is 13.4. The average molecular weight is 579 g/mol. The molecule has 0 amide bonds. The number of hydrogen-bond donors (Lipinski definition) is 5. The highest BCUT2D eigenvalue weighted by molar-refractivity contribution is 7.10. The van der Waals surface area contributed by atoms with Crippen molar-refractivity contribution in [2.45, 2.75) is 55.4 Å². The largest absolute Gasteiger partial charge is 0.507 e. The Morgan fingerprint density at radius 1 is 0.463 bits per heavy atom. The van der Waals surface area contributed by atoms with Crippen molar-refractivity contribution >= 4 is 9.47 Å². The first-order valence-corrected chi connectivity index (χ1v) is 13.8. The van der Waals surface area contributed by atoms with Crippen molar-refractivity contribution in [1.29, 1.82) is 0 Å². The van der Waals surface area contributed by atoms with E-state index in [1.807, 2.05) is 97.9 Å². The van der Waals surface area contributed by atoms with Gasteiger partial charge in [0.05, 0.1) is 22.7 Å². The molecule has 0 aliphatic heterocycles. The molecule has 0 aliphatic rings. The maximum absolute atomic E-state index is 10.3. The SMILES string of the molecule is Cc1cc(C)c(O)c(-c2cc(C)cc(C)c2O)c1.Cc1cc(C)c(O)c(-c2cc(C)cc(C)c2OP)c1.OCCO. The number of aryl methyl sites for hydroxylation is 8. The second-order valence-corrected chi connectivity index (χ2v) is 10.7. The number of phenols is 3. The van der Waals surface area contributed by atoms with Crippen LogP contribution in [0.3, 0.4) is 0 Å². The van der Waals surface area contributed by atoms with Crippen LogP contribution in [0.1, 0.15) is 44.5 Å². The van der Waals surface area contributed by atoms with Gasteiger partial charge in [0.2, 0.25) is 0 Å². The monoisotopic (exact) mass is 578 g/mol. The highest BCUT2D eigenvalue weighted by Gasteiger charge is 2.16. The number of hydrogen-bond acceptors (Lipinski definition) is 6. The van der Waals surface area contributed by atoms with Crippen LogP contribution in [0.25, 0.3) is 22.3 Å². The van der Waals surface area contributed by atoms with Gasteiger partial charge < -0.3 is 30.1 Å². The second-order valence-electron chi connectivity index (χ2n) is 10.5. The molecular formula is C34H43O6P. The average Bonchev–Trinajstić information content (AvgIpc) is 2.90. The van der Waals surface area contributed by atoms with Gasteiger partial charge in [0.1, 0.15) is 23.0 Å². The standard InChI is InChI=1S/C16H19O2P.C16H18O2.C2H6O2/c1-9-5-11(3)15(17)13(7-9)14-8-10(2)6-12(4)16(14)18-19;1-9-5-11(3)15(17)13(7-9)14-8-10(2)6-12(4)16(14)18;3-1-2-4/h5-8,17H,19H2,1-4H3;5-8,17-18H,1-4H3;3-4H,1-2H2. The molecule has 4 aromatic carbocycles. The summed E-state index contributed by atoms with van der Waals surface area (Å²) in [7, 11) is 2.29. The van der Waals surface area contributed by atoms with Crippen molar-refractivity contribution in [3.05, 3.63) is 93.0 Å². The Bertz CT molecular complexity index is 1450. The lowest BCUT2D eigenvalue weighted by molar-refractivity contribution is 0.186. The first kappa shape index (κ1) is 33.6. The van der Waals surface area contributed by atoms with E-state index in [0.29, 0.717) is 16.9 Å². The lowest BCUT2D eigenvalue weighted by Crippen LogP contribution is -1.91. The molecule has 0 saturated heterocycles. The highest BCUT2D eigenvalue weighted by atomic mass is 31.0. The van der Waals surface area contributed by atoms with Crippen LogP contribution >= 0.6 is 9.47 Å². The minimum Gasteiger partial charge on any atom is -0.507 e. The summed E-state index contributed by atoms with van der Waals surface area (Å²) in [5.41, 5.74) is 11.1. The number of benzene rings is 4. The van der Waals surface area contributed by atoms with E-state index in [1.165, 1.54) is 0 Å². The van der Waals surface area contributed by atoms with Gasteiger partial charge in [-0.05, 0) is 124 Å². The Hall–Kier alpha value is -3.57. The number of rotatable bonds is 4. The molecule has 7 heteroatoms. The topological polar surface area (TPSA) is 110 Å². The van der Waals surface area contributed by atoms with Crippen LogP contribution in [0.15, 0.2) is 48.5 Å². The Balaban J connectivity index is 0.000000254. The molecule has 41 heavy (non-hydrogen) atoms. The lowest BCUT2D eigenvalue weighted by atomic mass is 9.95. The van der Waals surface area contributed by atoms with Gasteiger partial charge in [-0.15, -0.1) is 0 Å². The highest BCUT2D eigenvalue weighted by Crippen LogP contribution is 2.42. The molecule has 0 spiro atoms. The van der Waals surface area contributed by atoms with Crippen molar-refractivity contribution in [3.8, 4) is 45.3 Å². The zero-order valence-electron chi connectivity index (χ0n) is 25.3. The van der Waals surface area contributed by atoms with Crippen LogP contribution in [-0.4, -0.2) is 38.7 Å². The molecule has 6 nitrogen and oxygen atoms in total. The maximum Gasteiger partial charge on any atom is 0.133 e. The van der Waals surface area contributed by atoms with Crippen molar-refractivity contribution in [2.24, 2.45) is 0 Å². The van der Waals surface area contributed by atoms with Gasteiger partial charge in [-0.2, -0.15) is 0 Å².